The molecule has 0 aliphatic heterocycles. The van der Waals surface area contributed by atoms with Gasteiger partial charge in [0.25, 0.3) is 0 Å². The molecule has 2 heterocycles. The molecule has 0 aliphatic carbocycles. The van der Waals surface area contributed by atoms with Gasteiger partial charge in [-0.05, 0) is 12.5 Å². The van der Waals surface area contributed by atoms with Gasteiger partial charge in [0, 0.05) is 13.2 Å². The van der Waals surface area contributed by atoms with Crippen molar-refractivity contribution in [2.24, 2.45) is 12.8 Å². The number of rotatable bonds is 3. The van der Waals surface area contributed by atoms with E-state index in [1.807, 2.05) is 26.2 Å². The van der Waals surface area contributed by atoms with E-state index in [1.54, 1.807) is 4.68 Å². The fraction of sp³-hybridized carbons (Fsp3) is 0.444. The van der Waals surface area contributed by atoms with E-state index in [4.69, 9.17) is 10.3 Å². The van der Waals surface area contributed by atoms with E-state index in [2.05, 4.69) is 15.2 Å². The number of hydrogen-bond acceptors (Lipinski definition) is 5. The highest BCUT2D eigenvalue weighted by atomic mass is 16.5. The summed E-state index contributed by atoms with van der Waals surface area (Å²) in [5.74, 6) is 0.938. The van der Waals surface area contributed by atoms with E-state index in [0.717, 1.165) is 6.42 Å². The summed E-state index contributed by atoms with van der Waals surface area (Å²) in [4.78, 5) is 4.19. The lowest BCUT2D eigenvalue weighted by Gasteiger charge is -1.98. The first-order chi connectivity index (χ1) is 7.20. The quantitative estimate of drug-likeness (QED) is 0.807. The summed E-state index contributed by atoms with van der Waals surface area (Å²) in [6.45, 7) is 1.97. The second-order valence-corrected chi connectivity index (χ2v) is 3.35. The molecular formula is C9H13N5O. The number of aryl methyl sites for hydroxylation is 1. The molecule has 1 atom stereocenters. The molecule has 0 radical (unpaired) electrons. The molecule has 0 spiro atoms. The van der Waals surface area contributed by atoms with E-state index < -0.39 is 0 Å². The summed E-state index contributed by atoms with van der Waals surface area (Å²) in [7, 11) is 1.84. The van der Waals surface area contributed by atoms with Crippen molar-refractivity contribution in [2.45, 2.75) is 19.4 Å². The van der Waals surface area contributed by atoms with Crippen molar-refractivity contribution in [3.63, 3.8) is 0 Å². The molecule has 0 aromatic carbocycles. The Morgan fingerprint density at radius 2 is 2.40 bits per heavy atom. The van der Waals surface area contributed by atoms with E-state index in [9.17, 15) is 0 Å². The average molecular weight is 207 g/mol. The number of nitrogens with zero attached hydrogens (tertiary/aromatic N) is 4. The van der Waals surface area contributed by atoms with Crippen molar-refractivity contribution < 1.29 is 4.52 Å². The third-order valence-corrected chi connectivity index (χ3v) is 2.14. The SMILES string of the molecule is CC[C@H](N)c1nc(-c2ccn(C)n2)no1. The largest absolute Gasteiger partial charge is 0.337 e. The standard InChI is InChI=1S/C9H13N5O/c1-3-6(10)9-11-8(13-15-9)7-4-5-14(2)12-7/h4-6H,3,10H2,1-2H3/t6-/m0/s1. The minimum Gasteiger partial charge on any atom is -0.337 e. The molecule has 0 unspecified atom stereocenters. The molecule has 0 saturated carbocycles. The van der Waals surface area contributed by atoms with Crippen LogP contribution in [0, 0.1) is 0 Å². The van der Waals surface area contributed by atoms with E-state index >= 15 is 0 Å². The van der Waals surface area contributed by atoms with Gasteiger partial charge in [0.2, 0.25) is 11.7 Å². The Labute approximate surface area is 87.1 Å². The molecule has 0 fully saturated rings. The van der Waals surface area contributed by atoms with Crippen molar-refractivity contribution in [3.05, 3.63) is 18.2 Å². The van der Waals surface area contributed by atoms with Crippen molar-refractivity contribution in [2.75, 3.05) is 0 Å². The van der Waals surface area contributed by atoms with Crippen LogP contribution in [0.2, 0.25) is 0 Å². The Hall–Kier alpha value is -1.69. The fourth-order valence-electron chi connectivity index (χ4n) is 1.20. The zero-order valence-electron chi connectivity index (χ0n) is 8.71. The maximum absolute atomic E-state index is 5.77. The number of nitrogens with two attached hydrogens (primary N) is 1. The molecule has 0 amide bonds. The summed E-state index contributed by atoms with van der Waals surface area (Å²) >= 11 is 0. The first-order valence-corrected chi connectivity index (χ1v) is 4.80. The Morgan fingerprint density at radius 3 is 3.00 bits per heavy atom. The van der Waals surface area contributed by atoms with Crippen molar-refractivity contribution in [3.8, 4) is 11.5 Å². The van der Waals surface area contributed by atoms with Crippen LogP contribution >= 0.6 is 0 Å². The van der Waals surface area contributed by atoms with Crippen LogP contribution in [0.1, 0.15) is 25.3 Å². The van der Waals surface area contributed by atoms with Crippen LogP contribution in [0.15, 0.2) is 16.8 Å². The molecule has 2 rings (SSSR count). The minimum atomic E-state index is -0.199. The van der Waals surface area contributed by atoms with E-state index in [1.165, 1.54) is 0 Å². The highest BCUT2D eigenvalue weighted by Gasteiger charge is 2.15. The lowest BCUT2D eigenvalue weighted by atomic mass is 10.2. The van der Waals surface area contributed by atoms with Gasteiger partial charge in [-0.3, -0.25) is 4.68 Å². The van der Waals surface area contributed by atoms with Gasteiger partial charge in [0.1, 0.15) is 5.69 Å². The predicted molar refractivity (Wildman–Crippen MR) is 53.7 cm³/mol. The van der Waals surface area contributed by atoms with Crippen LogP contribution in [0.5, 0.6) is 0 Å². The Bertz CT molecular complexity index is 447. The molecule has 2 aromatic rings. The monoisotopic (exact) mass is 207 g/mol. The van der Waals surface area contributed by atoms with E-state index in [-0.39, 0.29) is 6.04 Å². The van der Waals surface area contributed by atoms with Gasteiger partial charge >= 0.3 is 0 Å². The summed E-state index contributed by atoms with van der Waals surface area (Å²) in [5.41, 5.74) is 6.46. The molecular weight excluding hydrogens is 194 g/mol. The van der Waals surface area contributed by atoms with Gasteiger partial charge in [-0.25, -0.2) is 0 Å². The van der Waals surface area contributed by atoms with Crippen LogP contribution in [-0.4, -0.2) is 19.9 Å². The minimum absolute atomic E-state index is 0.199. The lowest BCUT2D eigenvalue weighted by molar-refractivity contribution is 0.352. The van der Waals surface area contributed by atoms with Gasteiger partial charge in [0.05, 0.1) is 6.04 Å². The van der Waals surface area contributed by atoms with Crippen LogP contribution in [0.4, 0.5) is 0 Å². The third kappa shape index (κ3) is 1.89. The second kappa shape index (κ2) is 3.82. The fourth-order valence-corrected chi connectivity index (χ4v) is 1.20. The van der Waals surface area contributed by atoms with E-state index in [0.29, 0.717) is 17.4 Å². The van der Waals surface area contributed by atoms with Crippen LogP contribution < -0.4 is 5.73 Å². The predicted octanol–water partition coefficient (Wildman–Crippen LogP) is 0.880. The first-order valence-electron chi connectivity index (χ1n) is 4.80. The van der Waals surface area contributed by atoms with Crippen LogP contribution in [0.25, 0.3) is 11.5 Å². The summed E-state index contributed by atoms with van der Waals surface area (Å²) in [6, 6.07) is 1.63. The Kier molecular flexibility index (Phi) is 2.51. The molecule has 0 bridgehead atoms. The maximum atomic E-state index is 5.77. The zero-order valence-corrected chi connectivity index (χ0v) is 8.71. The molecule has 2 aromatic heterocycles. The van der Waals surface area contributed by atoms with Gasteiger partial charge in [0.15, 0.2) is 0 Å². The molecule has 0 saturated heterocycles. The molecule has 6 nitrogen and oxygen atoms in total. The summed E-state index contributed by atoms with van der Waals surface area (Å²) < 4.78 is 6.73. The van der Waals surface area contributed by atoms with Gasteiger partial charge < -0.3 is 10.3 Å². The smallest absolute Gasteiger partial charge is 0.243 e. The van der Waals surface area contributed by atoms with Crippen molar-refractivity contribution in [1.82, 2.24) is 19.9 Å². The molecule has 15 heavy (non-hydrogen) atoms. The molecule has 0 aliphatic rings. The molecule has 80 valence electrons. The molecule has 6 heteroatoms. The van der Waals surface area contributed by atoms with Crippen LogP contribution in [-0.2, 0) is 7.05 Å². The highest BCUT2D eigenvalue weighted by molar-refractivity contribution is 5.46. The van der Waals surface area contributed by atoms with Gasteiger partial charge in [-0.1, -0.05) is 12.1 Å². The topological polar surface area (TPSA) is 82.8 Å². The summed E-state index contributed by atoms with van der Waals surface area (Å²) in [6.07, 6.45) is 2.59. The highest BCUT2D eigenvalue weighted by Crippen LogP contribution is 2.16. The van der Waals surface area contributed by atoms with Gasteiger partial charge in [-0.15, -0.1) is 0 Å². The number of aromatic nitrogens is 4. The Balaban J connectivity index is 2.27. The second-order valence-electron chi connectivity index (χ2n) is 3.35. The maximum Gasteiger partial charge on any atom is 0.243 e. The Morgan fingerprint density at radius 1 is 1.60 bits per heavy atom. The summed E-state index contributed by atoms with van der Waals surface area (Å²) in [5, 5.41) is 8.00. The van der Waals surface area contributed by atoms with Crippen molar-refractivity contribution >= 4 is 0 Å². The van der Waals surface area contributed by atoms with Crippen LogP contribution in [0.3, 0.4) is 0 Å². The average Bonchev–Trinajstić information content (AvgIpc) is 2.84. The first kappa shape index (κ1) is 9.85. The normalized spacial score (nSPS) is 13.0. The van der Waals surface area contributed by atoms with Crippen molar-refractivity contribution in [1.29, 1.82) is 0 Å². The van der Waals surface area contributed by atoms with Gasteiger partial charge in [-0.2, -0.15) is 10.1 Å². The zero-order chi connectivity index (χ0) is 10.8. The third-order valence-electron chi connectivity index (χ3n) is 2.14. The lowest BCUT2D eigenvalue weighted by Crippen LogP contribution is -2.08. The number of hydrogen-bond donors (Lipinski definition) is 1. The molecule has 2 N–H and O–H groups in total.